The molecule has 0 radical (unpaired) electrons. The topological polar surface area (TPSA) is 62.4 Å². The molecule has 3 N–H and O–H groups in total. The Hall–Kier alpha value is -1.13. The van der Waals surface area contributed by atoms with Crippen LogP contribution in [0.5, 0.6) is 0 Å². The zero-order valence-corrected chi connectivity index (χ0v) is 10.5. The van der Waals surface area contributed by atoms with Gasteiger partial charge in [0, 0.05) is 18.8 Å². The van der Waals surface area contributed by atoms with Crippen LogP contribution >= 0.6 is 0 Å². The van der Waals surface area contributed by atoms with E-state index in [1.165, 1.54) is 0 Å². The maximum absolute atomic E-state index is 9.45. The number of aliphatic hydroxyl groups excluding tert-OH is 1. The van der Waals surface area contributed by atoms with E-state index in [1.807, 2.05) is 19.1 Å². The molecule has 0 aromatic carbocycles. The maximum Gasteiger partial charge on any atom is 0.129 e. The summed E-state index contributed by atoms with van der Waals surface area (Å²) < 4.78 is 0. The van der Waals surface area contributed by atoms with E-state index in [-0.39, 0.29) is 18.7 Å². The number of nitrogens with zero attached hydrogens (tertiary/aromatic N) is 2. The zero-order chi connectivity index (χ0) is 12.4. The minimum Gasteiger partial charge on any atom is -0.394 e. The minimum atomic E-state index is 0.0179. The maximum atomic E-state index is 9.45. The van der Waals surface area contributed by atoms with Gasteiger partial charge in [0.25, 0.3) is 0 Å². The fourth-order valence-electron chi connectivity index (χ4n) is 2.45. The third-order valence-electron chi connectivity index (χ3n) is 3.66. The third kappa shape index (κ3) is 2.42. The van der Waals surface area contributed by atoms with Crippen molar-refractivity contribution in [1.82, 2.24) is 4.98 Å². The Morgan fingerprint density at radius 2 is 2.41 bits per heavy atom. The summed E-state index contributed by atoms with van der Waals surface area (Å²) >= 11 is 0. The molecule has 2 heterocycles. The Balaban J connectivity index is 2.25. The Labute approximate surface area is 102 Å². The Morgan fingerprint density at radius 3 is 3.06 bits per heavy atom. The minimum absolute atomic E-state index is 0.0179. The van der Waals surface area contributed by atoms with Crippen LogP contribution in [0.1, 0.15) is 31.9 Å². The molecule has 1 aromatic heterocycles. The first-order valence-corrected chi connectivity index (χ1v) is 6.22. The Kier molecular flexibility index (Phi) is 3.64. The molecule has 94 valence electrons. The van der Waals surface area contributed by atoms with Crippen LogP contribution in [0.15, 0.2) is 18.3 Å². The van der Waals surface area contributed by atoms with Gasteiger partial charge in [0.1, 0.15) is 5.82 Å². The Bertz CT molecular complexity index is 381. The highest BCUT2D eigenvalue weighted by Crippen LogP contribution is 2.29. The van der Waals surface area contributed by atoms with E-state index in [4.69, 9.17) is 5.73 Å². The van der Waals surface area contributed by atoms with Crippen molar-refractivity contribution in [3.63, 3.8) is 0 Å². The molecule has 1 saturated heterocycles. The predicted molar refractivity (Wildman–Crippen MR) is 68.8 cm³/mol. The molecule has 0 spiro atoms. The molecule has 1 aromatic rings. The third-order valence-corrected chi connectivity index (χ3v) is 3.66. The standard InChI is InChI=1S/C13H21N3O/c1-9-4-6-16(12(9)8-17)13-7-11(10(2)14)3-5-15-13/h3,5,7,9-10,12,17H,4,6,8,14H2,1-2H3. The molecular formula is C13H21N3O. The largest absolute Gasteiger partial charge is 0.394 e. The number of aliphatic hydroxyl groups is 1. The lowest BCUT2D eigenvalue weighted by Crippen LogP contribution is -2.35. The van der Waals surface area contributed by atoms with Gasteiger partial charge in [0.05, 0.1) is 12.6 Å². The number of hydrogen-bond acceptors (Lipinski definition) is 4. The van der Waals surface area contributed by atoms with Gasteiger partial charge in [-0.05, 0) is 37.0 Å². The summed E-state index contributed by atoms with van der Waals surface area (Å²) in [6, 6.07) is 4.18. The van der Waals surface area contributed by atoms with Gasteiger partial charge >= 0.3 is 0 Å². The second-order valence-corrected chi connectivity index (χ2v) is 4.95. The quantitative estimate of drug-likeness (QED) is 0.829. The highest BCUT2D eigenvalue weighted by molar-refractivity contribution is 5.44. The van der Waals surface area contributed by atoms with Gasteiger partial charge in [-0.15, -0.1) is 0 Å². The molecule has 4 heteroatoms. The van der Waals surface area contributed by atoms with Gasteiger partial charge in [-0.1, -0.05) is 6.92 Å². The van der Waals surface area contributed by atoms with Crippen LogP contribution in [0.3, 0.4) is 0 Å². The molecule has 1 aliphatic rings. The molecular weight excluding hydrogens is 214 g/mol. The van der Waals surface area contributed by atoms with Crippen LogP contribution < -0.4 is 10.6 Å². The summed E-state index contributed by atoms with van der Waals surface area (Å²) in [6.45, 7) is 5.29. The zero-order valence-electron chi connectivity index (χ0n) is 10.5. The number of rotatable bonds is 3. The van der Waals surface area contributed by atoms with Gasteiger partial charge in [0.15, 0.2) is 0 Å². The van der Waals surface area contributed by atoms with Crippen molar-refractivity contribution in [3.8, 4) is 0 Å². The van der Waals surface area contributed by atoms with Crippen LogP contribution in [0.4, 0.5) is 5.82 Å². The number of pyridine rings is 1. The predicted octanol–water partition coefficient (Wildman–Crippen LogP) is 1.31. The Morgan fingerprint density at radius 1 is 1.65 bits per heavy atom. The van der Waals surface area contributed by atoms with E-state index in [0.717, 1.165) is 24.3 Å². The molecule has 3 unspecified atom stereocenters. The molecule has 1 fully saturated rings. The first kappa shape index (κ1) is 12.3. The molecule has 0 bridgehead atoms. The normalized spacial score (nSPS) is 26.2. The fourth-order valence-corrected chi connectivity index (χ4v) is 2.45. The van der Waals surface area contributed by atoms with Crippen molar-refractivity contribution in [1.29, 1.82) is 0 Å². The molecule has 17 heavy (non-hydrogen) atoms. The molecule has 3 atom stereocenters. The lowest BCUT2D eigenvalue weighted by Gasteiger charge is -2.26. The van der Waals surface area contributed by atoms with Crippen LogP contribution in [0.2, 0.25) is 0 Å². The number of hydrogen-bond donors (Lipinski definition) is 2. The van der Waals surface area contributed by atoms with Crippen LogP contribution in [0.25, 0.3) is 0 Å². The van der Waals surface area contributed by atoms with E-state index < -0.39 is 0 Å². The summed E-state index contributed by atoms with van der Waals surface area (Å²) in [7, 11) is 0. The van der Waals surface area contributed by atoms with Crippen molar-refractivity contribution in [2.24, 2.45) is 11.7 Å². The lowest BCUT2D eigenvalue weighted by atomic mass is 10.0. The summed E-state index contributed by atoms with van der Waals surface area (Å²) in [5.41, 5.74) is 6.97. The average Bonchev–Trinajstić information content (AvgIpc) is 2.70. The van der Waals surface area contributed by atoms with Gasteiger partial charge in [-0.2, -0.15) is 0 Å². The van der Waals surface area contributed by atoms with Crippen molar-refractivity contribution in [2.45, 2.75) is 32.4 Å². The molecule has 0 aliphatic carbocycles. The molecule has 2 rings (SSSR count). The summed E-state index contributed by atoms with van der Waals surface area (Å²) in [4.78, 5) is 6.59. The van der Waals surface area contributed by atoms with Gasteiger partial charge in [-0.3, -0.25) is 0 Å². The first-order chi connectivity index (χ1) is 8.13. The van der Waals surface area contributed by atoms with E-state index in [1.54, 1.807) is 6.20 Å². The van der Waals surface area contributed by atoms with Crippen molar-refractivity contribution < 1.29 is 5.11 Å². The van der Waals surface area contributed by atoms with Crippen LogP contribution in [-0.2, 0) is 0 Å². The molecule has 4 nitrogen and oxygen atoms in total. The van der Waals surface area contributed by atoms with Crippen molar-refractivity contribution in [3.05, 3.63) is 23.9 Å². The molecule has 0 saturated carbocycles. The van der Waals surface area contributed by atoms with Crippen molar-refractivity contribution >= 4 is 5.82 Å². The SMILES string of the molecule is CC(N)c1ccnc(N2CCC(C)C2CO)c1. The van der Waals surface area contributed by atoms with Crippen molar-refractivity contribution in [2.75, 3.05) is 18.1 Å². The van der Waals surface area contributed by atoms with Crippen LogP contribution in [-0.4, -0.2) is 29.3 Å². The monoisotopic (exact) mass is 235 g/mol. The highest BCUT2D eigenvalue weighted by atomic mass is 16.3. The number of anilines is 1. The molecule has 1 aliphatic heterocycles. The van der Waals surface area contributed by atoms with E-state index in [9.17, 15) is 5.11 Å². The number of aromatic nitrogens is 1. The summed E-state index contributed by atoms with van der Waals surface area (Å²) in [6.07, 6.45) is 2.90. The van der Waals surface area contributed by atoms with E-state index >= 15 is 0 Å². The average molecular weight is 235 g/mol. The summed E-state index contributed by atoms with van der Waals surface area (Å²) in [5.74, 6) is 1.45. The van der Waals surface area contributed by atoms with E-state index in [2.05, 4.69) is 16.8 Å². The second kappa shape index (κ2) is 5.02. The lowest BCUT2D eigenvalue weighted by molar-refractivity contribution is 0.244. The van der Waals surface area contributed by atoms with Gasteiger partial charge in [0.2, 0.25) is 0 Å². The molecule has 0 amide bonds. The number of nitrogens with two attached hydrogens (primary N) is 1. The smallest absolute Gasteiger partial charge is 0.129 e. The second-order valence-electron chi connectivity index (χ2n) is 4.95. The first-order valence-electron chi connectivity index (χ1n) is 6.22. The van der Waals surface area contributed by atoms with Crippen LogP contribution in [0, 0.1) is 5.92 Å². The van der Waals surface area contributed by atoms with Gasteiger partial charge < -0.3 is 15.7 Å². The highest BCUT2D eigenvalue weighted by Gasteiger charge is 2.31. The summed E-state index contributed by atoms with van der Waals surface area (Å²) in [5, 5.41) is 9.45. The fraction of sp³-hybridized carbons (Fsp3) is 0.615. The van der Waals surface area contributed by atoms with E-state index in [0.29, 0.717) is 5.92 Å². The van der Waals surface area contributed by atoms with Gasteiger partial charge in [-0.25, -0.2) is 4.98 Å².